The van der Waals surface area contributed by atoms with E-state index in [1.807, 2.05) is 48.8 Å². The molecule has 9 nitrogen and oxygen atoms in total. The Bertz CT molecular complexity index is 2510. The summed E-state index contributed by atoms with van der Waals surface area (Å²) in [6, 6.07) is 33.7. The largest absolute Gasteiger partial charge is 0.291 e. The van der Waals surface area contributed by atoms with Crippen molar-refractivity contribution in [3.05, 3.63) is 120 Å². The van der Waals surface area contributed by atoms with Crippen molar-refractivity contribution in [3.8, 4) is 40.0 Å². The SMILES string of the molecule is CCCCCc1ccc(-c2cn(-c3ccc4c(-n5cc(-c6ccc(CCCCC)cc6)nn5)c(C#N)c5nc6ccccc6n5c4c3)nn2)cc1. The molecule has 0 fully saturated rings. The summed E-state index contributed by atoms with van der Waals surface area (Å²) in [5, 5.41) is 29.6. The normalized spacial score (nSPS) is 11.5. The van der Waals surface area contributed by atoms with Crippen molar-refractivity contribution in [1.29, 1.82) is 5.26 Å². The molecule has 0 N–H and O–H groups in total. The molecule has 0 saturated heterocycles. The highest BCUT2D eigenvalue weighted by Gasteiger charge is 2.22. The van der Waals surface area contributed by atoms with Crippen LogP contribution in [0.15, 0.2) is 103 Å². The summed E-state index contributed by atoms with van der Waals surface area (Å²) in [4.78, 5) is 4.95. The predicted octanol–water partition coefficient (Wildman–Crippen LogP) is 9.47. The third kappa shape index (κ3) is 6.14. The van der Waals surface area contributed by atoms with Crippen LogP contribution in [0.25, 0.3) is 61.5 Å². The van der Waals surface area contributed by atoms with Crippen molar-refractivity contribution in [2.24, 2.45) is 0 Å². The van der Waals surface area contributed by atoms with E-state index in [1.165, 1.54) is 49.7 Å². The number of aryl methyl sites for hydroxylation is 2. The monoisotopic (exact) mass is 669 g/mol. The van der Waals surface area contributed by atoms with E-state index in [4.69, 9.17) is 4.98 Å². The number of hydrogen-bond acceptors (Lipinski definition) is 6. The predicted molar refractivity (Wildman–Crippen MR) is 202 cm³/mol. The highest BCUT2D eigenvalue weighted by atomic mass is 15.4. The van der Waals surface area contributed by atoms with E-state index in [2.05, 4.69) is 99.5 Å². The van der Waals surface area contributed by atoms with Crippen LogP contribution in [0.5, 0.6) is 0 Å². The summed E-state index contributed by atoms with van der Waals surface area (Å²) in [5.41, 5.74) is 11.2. The lowest BCUT2D eigenvalue weighted by Gasteiger charge is -2.13. The number of pyridine rings is 1. The second kappa shape index (κ2) is 14.0. The van der Waals surface area contributed by atoms with Gasteiger partial charge in [-0.25, -0.2) is 14.3 Å². The number of rotatable bonds is 12. The maximum atomic E-state index is 10.6. The van der Waals surface area contributed by atoms with E-state index in [0.29, 0.717) is 16.9 Å². The molecule has 0 aliphatic heterocycles. The van der Waals surface area contributed by atoms with E-state index < -0.39 is 0 Å². The van der Waals surface area contributed by atoms with Gasteiger partial charge in [-0.1, -0.05) is 111 Å². The van der Waals surface area contributed by atoms with Gasteiger partial charge in [-0.2, -0.15) is 5.26 Å². The van der Waals surface area contributed by atoms with Gasteiger partial charge in [-0.3, -0.25) is 4.40 Å². The first-order chi connectivity index (χ1) is 25.1. The van der Waals surface area contributed by atoms with Gasteiger partial charge < -0.3 is 0 Å². The van der Waals surface area contributed by atoms with E-state index in [-0.39, 0.29) is 0 Å². The molecule has 4 aromatic heterocycles. The standard InChI is InChI=1S/C42H39N9/c1-3-5-7-11-29-15-19-31(20-16-29)37-27-49(47-45-37)33-23-24-34-40(25-33)51-39-14-10-9-13-36(39)44-42(51)35(26-43)41(34)50-28-38(46-48-50)32-21-17-30(18-22-32)12-8-6-4-2/h9-10,13-25,27-28H,3-8,11-12H2,1-2H3. The first-order valence-corrected chi connectivity index (χ1v) is 18.0. The molecule has 0 spiro atoms. The number of unbranched alkanes of at least 4 members (excludes halogenated alkanes) is 4. The fourth-order valence-corrected chi connectivity index (χ4v) is 6.94. The number of nitriles is 1. The van der Waals surface area contributed by atoms with Crippen LogP contribution >= 0.6 is 0 Å². The molecule has 8 rings (SSSR count). The Kier molecular flexibility index (Phi) is 8.81. The van der Waals surface area contributed by atoms with Gasteiger partial charge in [-0.05, 0) is 67.1 Å². The van der Waals surface area contributed by atoms with Gasteiger partial charge in [0, 0.05) is 16.5 Å². The third-order valence-electron chi connectivity index (χ3n) is 9.73. The molecule has 0 saturated carbocycles. The molecule has 252 valence electrons. The number of para-hydroxylation sites is 2. The maximum Gasteiger partial charge on any atom is 0.158 e. The molecule has 0 radical (unpaired) electrons. The van der Waals surface area contributed by atoms with Gasteiger partial charge in [0.05, 0.1) is 40.3 Å². The van der Waals surface area contributed by atoms with Crippen molar-refractivity contribution < 1.29 is 0 Å². The van der Waals surface area contributed by atoms with E-state index in [0.717, 1.165) is 63.0 Å². The molecule has 8 aromatic rings. The Balaban J connectivity index is 1.21. The van der Waals surface area contributed by atoms with E-state index in [9.17, 15) is 5.26 Å². The number of hydrogen-bond donors (Lipinski definition) is 0. The molecule has 4 heterocycles. The molecule has 0 amide bonds. The summed E-state index contributed by atoms with van der Waals surface area (Å²) in [6.07, 6.45) is 13.3. The summed E-state index contributed by atoms with van der Waals surface area (Å²) >= 11 is 0. The molecule has 0 aliphatic carbocycles. The van der Waals surface area contributed by atoms with Gasteiger partial charge in [0.1, 0.15) is 23.0 Å². The Morgan fingerprint density at radius 3 is 1.88 bits per heavy atom. The fourth-order valence-electron chi connectivity index (χ4n) is 6.94. The van der Waals surface area contributed by atoms with Gasteiger partial charge in [-0.15, -0.1) is 10.2 Å². The highest BCUT2D eigenvalue weighted by Crippen LogP contribution is 2.34. The zero-order valence-electron chi connectivity index (χ0n) is 29.0. The maximum absolute atomic E-state index is 10.6. The minimum Gasteiger partial charge on any atom is -0.291 e. The average Bonchev–Trinajstić information content (AvgIpc) is 3.95. The second-order valence-electron chi connectivity index (χ2n) is 13.2. The van der Waals surface area contributed by atoms with Crippen LogP contribution in [-0.4, -0.2) is 39.4 Å². The molecule has 0 aliphatic rings. The summed E-state index contributed by atoms with van der Waals surface area (Å²) < 4.78 is 5.57. The zero-order valence-corrected chi connectivity index (χ0v) is 29.0. The molecular formula is C42H39N9. The smallest absolute Gasteiger partial charge is 0.158 e. The number of nitrogens with zero attached hydrogens (tertiary/aromatic N) is 9. The minimum absolute atomic E-state index is 0.426. The van der Waals surface area contributed by atoms with Crippen molar-refractivity contribution in [1.82, 2.24) is 39.4 Å². The lowest BCUT2D eigenvalue weighted by molar-refractivity contribution is 0.717. The molecule has 9 heteroatoms. The van der Waals surface area contributed by atoms with Gasteiger partial charge in [0.15, 0.2) is 5.65 Å². The van der Waals surface area contributed by atoms with Crippen LogP contribution < -0.4 is 0 Å². The Morgan fingerprint density at radius 2 is 1.25 bits per heavy atom. The average molecular weight is 670 g/mol. The molecule has 4 aromatic carbocycles. The third-order valence-corrected chi connectivity index (χ3v) is 9.73. The zero-order chi connectivity index (χ0) is 34.7. The summed E-state index contributed by atoms with van der Waals surface area (Å²) in [7, 11) is 0. The van der Waals surface area contributed by atoms with E-state index >= 15 is 0 Å². The highest BCUT2D eigenvalue weighted by molar-refractivity contribution is 5.99. The van der Waals surface area contributed by atoms with Gasteiger partial charge >= 0.3 is 0 Å². The molecule has 0 unspecified atom stereocenters. The van der Waals surface area contributed by atoms with Gasteiger partial charge in [0.2, 0.25) is 0 Å². The topological polar surface area (TPSA) is 103 Å². The van der Waals surface area contributed by atoms with E-state index in [1.54, 1.807) is 9.36 Å². The Morgan fingerprint density at radius 1 is 0.647 bits per heavy atom. The molecule has 0 atom stereocenters. The lowest BCUT2D eigenvalue weighted by Crippen LogP contribution is -2.05. The lowest BCUT2D eigenvalue weighted by atomic mass is 10.0. The Hall–Kier alpha value is -6.14. The summed E-state index contributed by atoms with van der Waals surface area (Å²) in [5.74, 6) is 0. The molecular weight excluding hydrogens is 631 g/mol. The van der Waals surface area contributed by atoms with Crippen LogP contribution in [0.3, 0.4) is 0 Å². The van der Waals surface area contributed by atoms with Crippen molar-refractivity contribution in [2.45, 2.75) is 65.2 Å². The summed E-state index contributed by atoms with van der Waals surface area (Å²) in [6.45, 7) is 4.45. The van der Waals surface area contributed by atoms with Gasteiger partial charge in [0.25, 0.3) is 0 Å². The van der Waals surface area contributed by atoms with Crippen LogP contribution in [0.1, 0.15) is 69.1 Å². The molecule has 51 heavy (non-hydrogen) atoms. The molecule has 0 bridgehead atoms. The first-order valence-electron chi connectivity index (χ1n) is 18.0. The van der Waals surface area contributed by atoms with Crippen LogP contribution in [0, 0.1) is 11.3 Å². The number of fused-ring (bicyclic) bond motifs is 5. The minimum atomic E-state index is 0.426. The van der Waals surface area contributed by atoms with Crippen LogP contribution in [0.4, 0.5) is 0 Å². The quantitative estimate of drug-likeness (QED) is 0.120. The number of aromatic nitrogens is 8. The van der Waals surface area contributed by atoms with Crippen LogP contribution in [0.2, 0.25) is 0 Å². The number of imidazole rings is 1. The van der Waals surface area contributed by atoms with Crippen molar-refractivity contribution >= 4 is 27.6 Å². The fraction of sp³-hybridized carbons (Fsp3) is 0.238. The van der Waals surface area contributed by atoms with Crippen molar-refractivity contribution in [3.63, 3.8) is 0 Å². The second-order valence-corrected chi connectivity index (χ2v) is 13.2. The first kappa shape index (κ1) is 32.1. The van der Waals surface area contributed by atoms with Crippen LogP contribution in [-0.2, 0) is 12.8 Å². The Labute approximate surface area is 296 Å². The van der Waals surface area contributed by atoms with Crippen molar-refractivity contribution in [2.75, 3.05) is 0 Å². The number of benzene rings is 4.